The molecule has 9 heteroatoms. The van der Waals surface area contributed by atoms with Gasteiger partial charge in [-0.3, -0.25) is 19.2 Å². The minimum Gasteiger partial charge on any atom is -0.379 e. The van der Waals surface area contributed by atoms with E-state index < -0.39 is 23.5 Å². The van der Waals surface area contributed by atoms with Gasteiger partial charge in [0.2, 0.25) is 11.8 Å². The molecule has 0 aromatic heterocycles. The van der Waals surface area contributed by atoms with E-state index in [0.29, 0.717) is 13.0 Å². The Balaban J connectivity index is 2.20. The molecule has 48 heavy (non-hydrogen) atoms. The summed E-state index contributed by atoms with van der Waals surface area (Å²) < 4.78 is 12.0. The fourth-order valence-electron chi connectivity index (χ4n) is 7.14. The molecule has 1 aromatic carbocycles. The lowest BCUT2D eigenvalue weighted by molar-refractivity contribution is -0.149. The van der Waals surface area contributed by atoms with E-state index >= 15 is 0 Å². The topological polar surface area (TPSA) is 119 Å². The number of hydrogen-bond acceptors (Lipinski definition) is 7. The Morgan fingerprint density at radius 3 is 2.21 bits per heavy atom. The fraction of sp³-hybridized carbons (Fsp3) is 0.744. The predicted octanol–water partition coefficient (Wildman–Crippen LogP) is 5.72. The van der Waals surface area contributed by atoms with Gasteiger partial charge in [-0.05, 0) is 43.1 Å². The maximum absolute atomic E-state index is 14.1. The van der Waals surface area contributed by atoms with Crippen LogP contribution >= 0.6 is 0 Å². The molecule has 9 nitrogen and oxygen atoms in total. The summed E-state index contributed by atoms with van der Waals surface area (Å²) >= 11 is 0. The zero-order chi connectivity index (χ0) is 36.2. The number of Topliss-reactive ketones (excluding diaryl/α,β-unsaturated/α-hetero) is 2. The lowest BCUT2D eigenvalue weighted by atomic mass is 9.79. The van der Waals surface area contributed by atoms with Crippen LogP contribution in [0.2, 0.25) is 0 Å². The van der Waals surface area contributed by atoms with E-state index in [4.69, 9.17) is 15.2 Å². The van der Waals surface area contributed by atoms with Crippen LogP contribution in [-0.4, -0.2) is 91.8 Å². The number of nitrogens with zero attached hydrogens (tertiary/aromatic N) is 2. The predicted molar refractivity (Wildman–Crippen MR) is 191 cm³/mol. The number of carbonyl (C=O) groups excluding carboxylic acids is 4. The Morgan fingerprint density at radius 2 is 1.67 bits per heavy atom. The van der Waals surface area contributed by atoms with Gasteiger partial charge in [-0.25, -0.2) is 0 Å². The minimum atomic E-state index is -0.708. The first kappa shape index (κ1) is 41.6. The average Bonchev–Trinajstić information content (AvgIpc) is 3.56. The molecule has 7 atom stereocenters. The number of carbonyl (C=O) groups is 4. The molecule has 2 rings (SSSR count). The lowest BCUT2D eigenvalue weighted by Gasteiger charge is -2.41. The normalized spacial score (nSPS) is 19.0. The number of nitrogens with two attached hydrogens (primary N) is 1. The van der Waals surface area contributed by atoms with E-state index in [1.54, 1.807) is 26.2 Å². The van der Waals surface area contributed by atoms with E-state index in [0.717, 1.165) is 32.1 Å². The van der Waals surface area contributed by atoms with E-state index in [1.165, 1.54) is 5.56 Å². The number of ketones is 2. The number of amides is 2. The van der Waals surface area contributed by atoms with Crippen molar-refractivity contribution in [2.24, 2.45) is 34.8 Å². The molecule has 7 unspecified atom stereocenters. The van der Waals surface area contributed by atoms with Crippen LogP contribution in [0.25, 0.3) is 0 Å². The minimum absolute atomic E-state index is 0.0271. The van der Waals surface area contributed by atoms with Crippen molar-refractivity contribution >= 4 is 23.4 Å². The van der Waals surface area contributed by atoms with Gasteiger partial charge in [-0.2, -0.15) is 0 Å². The van der Waals surface area contributed by atoms with Crippen LogP contribution in [-0.2, 0) is 35.1 Å². The number of methoxy groups -OCH3 is 2. The summed E-state index contributed by atoms with van der Waals surface area (Å²) in [7, 11) is 4.99. The summed E-state index contributed by atoms with van der Waals surface area (Å²) in [5.41, 5.74) is 6.38. The molecule has 1 aliphatic rings. The van der Waals surface area contributed by atoms with Crippen LogP contribution in [0, 0.1) is 29.1 Å². The quantitative estimate of drug-likeness (QED) is 0.178. The SMILES string of the molecule is CCC(C)C(C(CC(=O)N1CCCC1C(OC)C(C)C(=O)CCCc1ccccc1)OC)N(C)C(=O)C(CC(=O)C(C)(C)CN)C(C)C. The fourth-order valence-corrected chi connectivity index (χ4v) is 7.14. The largest absolute Gasteiger partial charge is 0.379 e. The second-order valence-corrected chi connectivity index (χ2v) is 15.0. The molecule has 0 bridgehead atoms. The van der Waals surface area contributed by atoms with E-state index in [2.05, 4.69) is 26.0 Å². The molecule has 1 aromatic rings. The van der Waals surface area contributed by atoms with E-state index in [-0.39, 0.29) is 72.6 Å². The highest BCUT2D eigenvalue weighted by Gasteiger charge is 2.43. The molecule has 1 heterocycles. The summed E-state index contributed by atoms with van der Waals surface area (Å²) in [6.45, 7) is 14.4. The van der Waals surface area contributed by atoms with E-state index in [9.17, 15) is 19.2 Å². The Morgan fingerprint density at radius 1 is 1.02 bits per heavy atom. The summed E-state index contributed by atoms with van der Waals surface area (Å²) in [4.78, 5) is 58.2. The molecule has 1 saturated heterocycles. The molecular weight excluding hydrogens is 606 g/mol. The van der Waals surface area contributed by atoms with Gasteiger partial charge in [0.15, 0.2) is 0 Å². The van der Waals surface area contributed by atoms with Gasteiger partial charge in [0.25, 0.3) is 0 Å². The Bertz CT molecular complexity index is 1170. The van der Waals surface area contributed by atoms with Crippen molar-refractivity contribution < 1.29 is 28.7 Å². The van der Waals surface area contributed by atoms with Gasteiger partial charge in [-0.1, -0.05) is 85.2 Å². The van der Waals surface area contributed by atoms with Crippen LogP contribution in [0.4, 0.5) is 0 Å². The Hall–Kier alpha value is -2.62. The average molecular weight is 672 g/mol. The third kappa shape index (κ3) is 10.9. The summed E-state index contributed by atoms with van der Waals surface area (Å²) in [6, 6.07) is 9.58. The maximum atomic E-state index is 14.1. The highest BCUT2D eigenvalue weighted by atomic mass is 16.5. The molecule has 2 N–H and O–H groups in total. The number of ether oxygens (including phenoxy) is 2. The van der Waals surface area contributed by atoms with Crippen molar-refractivity contribution in [3.05, 3.63) is 35.9 Å². The highest BCUT2D eigenvalue weighted by Crippen LogP contribution is 2.32. The number of likely N-dealkylation sites (tertiary alicyclic amines) is 1. The number of benzene rings is 1. The smallest absolute Gasteiger partial charge is 0.226 e. The number of hydrogen-bond donors (Lipinski definition) is 1. The van der Waals surface area contributed by atoms with Crippen LogP contribution in [0.15, 0.2) is 30.3 Å². The first-order valence-corrected chi connectivity index (χ1v) is 18.1. The highest BCUT2D eigenvalue weighted by molar-refractivity contribution is 5.90. The van der Waals surface area contributed by atoms with Gasteiger partial charge >= 0.3 is 0 Å². The molecule has 1 fully saturated rings. The third-order valence-electron chi connectivity index (χ3n) is 10.9. The van der Waals surface area contributed by atoms with Gasteiger partial charge in [0.1, 0.15) is 11.6 Å². The van der Waals surface area contributed by atoms with Gasteiger partial charge in [0.05, 0.1) is 30.7 Å². The van der Waals surface area contributed by atoms with Crippen molar-refractivity contribution in [1.29, 1.82) is 0 Å². The number of rotatable bonds is 21. The summed E-state index contributed by atoms with van der Waals surface area (Å²) in [6.07, 6.45) is 3.72. The Labute approximate surface area is 290 Å². The first-order valence-electron chi connectivity index (χ1n) is 18.1. The van der Waals surface area contributed by atoms with Gasteiger partial charge in [0, 0.05) is 64.4 Å². The molecule has 0 aliphatic carbocycles. The summed E-state index contributed by atoms with van der Waals surface area (Å²) in [5.74, 6) is -0.942. The molecule has 1 aliphatic heterocycles. The zero-order valence-corrected chi connectivity index (χ0v) is 31.5. The first-order chi connectivity index (χ1) is 22.6. The van der Waals surface area contributed by atoms with Crippen LogP contribution in [0.5, 0.6) is 0 Å². The molecule has 0 spiro atoms. The molecule has 272 valence electrons. The monoisotopic (exact) mass is 671 g/mol. The van der Waals surface area contributed by atoms with Crippen LogP contribution in [0.3, 0.4) is 0 Å². The number of likely N-dealkylation sites (N-methyl/N-ethyl adjacent to an activating group) is 1. The van der Waals surface area contributed by atoms with Crippen molar-refractivity contribution in [2.45, 2.75) is 124 Å². The third-order valence-corrected chi connectivity index (χ3v) is 10.9. The summed E-state index contributed by atoms with van der Waals surface area (Å²) in [5, 5.41) is 0. The van der Waals surface area contributed by atoms with Crippen molar-refractivity contribution in [2.75, 3.05) is 34.4 Å². The van der Waals surface area contributed by atoms with Gasteiger partial charge in [-0.15, -0.1) is 0 Å². The van der Waals surface area contributed by atoms with Crippen LogP contribution < -0.4 is 5.73 Å². The maximum Gasteiger partial charge on any atom is 0.226 e. The molecule has 0 radical (unpaired) electrons. The van der Waals surface area contributed by atoms with Crippen molar-refractivity contribution in [3.63, 3.8) is 0 Å². The lowest BCUT2D eigenvalue weighted by Crippen LogP contribution is -2.54. The number of aryl methyl sites for hydroxylation is 1. The second kappa shape index (κ2) is 19.5. The van der Waals surface area contributed by atoms with Crippen molar-refractivity contribution in [3.8, 4) is 0 Å². The molecule has 2 amide bonds. The second-order valence-electron chi connectivity index (χ2n) is 15.0. The molecular formula is C39H65N3O6. The van der Waals surface area contributed by atoms with Gasteiger partial charge < -0.3 is 25.0 Å². The zero-order valence-electron chi connectivity index (χ0n) is 31.5. The van der Waals surface area contributed by atoms with Crippen molar-refractivity contribution in [1.82, 2.24) is 9.80 Å². The van der Waals surface area contributed by atoms with Crippen LogP contribution in [0.1, 0.15) is 99.0 Å². The van der Waals surface area contributed by atoms with E-state index in [1.807, 2.05) is 57.7 Å². The standard InChI is InChI=1S/C39H65N3O6/c1-11-27(4)36(41(8)38(46)30(26(2)3)23-34(44)39(6,7)25-40)33(47-9)24-35(45)42-22-16-20-31(42)37(48-10)28(5)32(43)21-15-19-29-17-13-12-14-18-29/h12-14,17-18,26-28,30-31,33,36-37H,11,15-16,19-25,40H2,1-10H3. The molecule has 0 saturated carbocycles. The Kier molecular flexibility index (Phi) is 16.9.